The molecule has 2 nitrogen and oxygen atoms in total. The van der Waals surface area contributed by atoms with Crippen molar-refractivity contribution in [3.8, 4) is 0 Å². The zero-order chi connectivity index (χ0) is 20.2. The summed E-state index contributed by atoms with van der Waals surface area (Å²) in [5.41, 5.74) is 2.45. The van der Waals surface area contributed by atoms with Crippen LogP contribution in [0.2, 0.25) is 5.82 Å². The average molecular weight is 388 g/mol. The molecule has 3 aliphatic rings. The molecule has 0 N–H and O–H groups in total. The van der Waals surface area contributed by atoms with Crippen molar-refractivity contribution in [2.75, 3.05) is 9.62 Å². The second kappa shape index (κ2) is 8.50. The number of allylic oxidation sites excluding steroid dienone is 8. The van der Waals surface area contributed by atoms with Gasteiger partial charge in [-0.05, 0) is 24.3 Å². The van der Waals surface area contributed by atoms with Gasteiger partial charge in [0.05, 0.1) is 12.1 Å². The summed E-state index contributed by atoms with van der Waals surface area (Å²) in [7, 11) is 0. The van der Waals surface area contributed by atoms with Crippen molar-refractivity contribution in [3.63, 3.8) is 0 Å². The summed E-state index contributed by atoms with van der Waals surface area (Å²) < 4.78 is 0. The van der Waals surface area contributed by atoms with E-state index in [0.29, 0.717) is 0 Å². The highest BCUT2D eigenvalue weighted by Gasteiger charge is 2.42. The highest BCUT2D eigenvalue weighted by atomic mass is 15.3. The molecule has 0 radical (unpaired) electrons. The second-order valence-electron chi connectivity index (χ2n) is 7.77. The van der Waals surface area contributed by atoms with Gasteiger partial charge in [-0.15, -0.1) is 0 Å². The van der Waals surface area contributed by atoms with E-state index in [-0.39, 0.29) is 24.9 Å². The van der Waals surface area contributed by atoms with Crippen molar-refractivity contribution in [2.45, 2.75) is 17.9 Å². The monoisotopic (exact) mass is 388 g/mol. The predicted molar refractivity (Wildman–Crippen MR) is 130 cm³/mol. The fraction of sp³-hybridized carbons (Fsp3) is 0.111. The zero-order valence-corrected chi connectivity index (χ0v) is 16.9. The van der Waals surface area contributed by atoms with Crippen LogP contribution in [-0.4, -0.2) is 19.1 Å². The van der Waals surface area contributed by atoms with Crippen LogP contribution in [-0.2, 0) is 0 Å². The summed E-state index contributed by atoms with van der Waals surface area (Å²) in [4.78, 5) is 5.11. The summed E-state index contributed by atoms with van der Waals surface area (Å²) in [5, 5.41) is 0. The number of para-hydroxylation sites is 2. The summed E-state index contributed by atoms with van der Waals surface area (Å²) in [6.45, 7) is 0.111. The Morgan fingerprint density at radius 3 is 1.23 bits per heavy atom. The molecule has 0 aliphatic heterocycles. The predicted octanol–water partition coefficient (Wildman–Crippen LogP) is 5.97. The minimum Gasteiger partial charge on any atom is -0.386 e. The fourth-order valence-electron chi connectivity index (χ4n) is 4.57. The fourth-order valence-corrected chi connectivity index (χ4v) is 4.57. The Bertz CT molecular complexity index is 926. The Labute approximate surface area is 179 Å². The highest BCUT2D eigenvalue weighted by Crippen LogP contribution is 2.36. The number of rotatable bonds is 7. The molecule has 0 saturated heterocycles. The summed E-state index contributed by atoms with van der Waals surface area (Å²) in [6.07, 6.45) is 26.7. The number of benzene rings is 2. The molecule has 2 aromatic rings. The van der Waals surface area contributed by atoms with Crippen molar-refractivity contribution in [3.05, 3.63) is 134 Å². The van der Waals surface area contributed by atoms with Crippen LogP contribution in [0.3, 0.4) is 0 Å². The molecule has 146 valence electrons. The molecule has 0 unspecified atom stereocenters. The molecule has 0 atom stereocenters. The third kappa shape index (κ3) is 3.59. The Morgan fingerprint density at radius 1 is 0.467 bits per heavy atom. The van der Waals surface area contributed by atoms with Crippen molar-refractivity contribution < 1.29 is 0 Å². The van der Waals surface area contributed by atoms with Gasteiger partial charge in [0, 0.05) is 17.2 Å². The lowest BCUT2D eigenvalue weighted by Crippen LogP contribution is -2.60. The van der Waals surface area contributed by atoms with Crippen molar-refractivity contribution >= 4 is 18.4 Å². The molecular formula is C27H25BN2. The Morgan fingerprint density at radius 2 is 0.833 bits per heavy atom. The molecule has 3 heteroatoms. The lowest BCUT2D eigenvalue weighted by Gasteiger charge is -2.45. The maximum atomic E-state index is 2.55. The third-order valence-corrected chi connectivity index (χ3v) is 5.90. The summed E-state index contributed by atoms with van der Waals surface area (Å²) in [6, 6.07) is 22.0. The lowest BCUT2D eigenvalue weighted by atomic mass is 9.57. The molecule has 0 bridgehead atoms. The number of hydrogen-bond donors (Lipinski definition) is 0. The van der Waals surface area contributed by atoms with E-state index in [9.17, 15) is 0 Å². The Hall–Kier alpha value is -3.46. The van der Waals surface area contributed by atoms with E-state index in [2.05, 4.69) is 143 Å². The quantitative estimate of drug-likeness (QED) is 0.539. The van der Waals surface area contributed by atoms with E-state index in [0.717, 1.165) is 0 Å². The van der Waals surface area contributed by atoms with E-state index in [1.54, 1.807) is 0 Å². The summed E-state index contributed by atoms with van der Waals surface area (Å²) >= 11 is 0. The lowest BCUT2D eigenvalue weighted by molar-refractivity contribution is 0.910. The van der Waals surface area contributed by atoms with Gasteiger partial charge >= 0.3 is 6.98 Å². The van der Waals surface area contributed by atoms with Gasteiger partial charge in [-0.2, -0.15) is 0 Å². The van der Waals surface area contributed by atoms with Crippen molar-refractivity contribution in [1.82, 2.24) is 0 Å². The normalized spacial score (nSPS) is 17.5. The zero-order valence-electron chi connectivity index (χ0n) is 16.9. The molecular weight excluding hydrogens is 363 g/mol. The van der Waals surface area contributed by atoms with Crippen molar-refractivity contribution in [1.29, 1.82) is 0 Å². The molecule has 30 heavy (non-hydrogen) atoms. The Balaban J connectivity index is 1.67. The second-order valence-corrected chi connectivity index (χ2v) is 7.77. The van der Waals surface area contributed by atoms with E-state index >= 15 is 0 Å². The highest BCUT2D eigenvalue weighted by molar-refractivity contribution is 6.70. The molecule has 0 fully saturated rings. The number of nitrogens with zero attached hydrogens (tertiary/aromatic N) is 2. The number of anilines is 2. The van der Waals surface area contributed by atoms with Crippen LogP contribution < -0.4 is 9.62 Å². The van der Waals surface area contributed by atoms with Crippen LogP contribution in [0.1, 0.15) is 0 Å². The molecule has 0 aromatic heterocycles. The van der Waals surface area contributed by atoms with Crippen LogP contribution in [0.4, 0.5) is 11.4 Å². The minimum absolute atomic E-state index is 0.111. The third-order valence-electron chi connectivity index (χ3n) is 5.90. The molecule has 0 saturated carbocycles. The Kier molecular flexibility index (Phi) is 5.26. The van der Waals surface area contributed by atoms with E-state index in [1.165, 1.54) is 11.4 Å². The van der Waals surface area contributed by atoms with Crippen LogP contribution in [0.5, 0.6) is 0 Å². The first-order valence-corrected chi connectivity index (χ1v) is 10.6. The molecule has 2 aromatic carbocycles. The smallest absolute Gasteiger partial charge is 0.386 e. The van der Waals surface area contributed by atoms with Crippen LogP contribution >= 0.6 is 0 Å². The van der Waals surface area contributed by atoms with Crippen molar-refractivity contribution in [2.24, 2.45) is 0 Å². The first-order valence-electron chi connectivity index (χ1n) is 10.6. The van der Waals surface area contributed by atoms with Crippen LogP contribution in [0.25, 0.3) is 0 Å². The molecule has 0 spiro atoms. The van der Waals surface area contributed by atoms with Gasteiger partial charge in [0.1, 0.15) is 0 Å². The van der Waals surface area contributed by atoms with Gasteiger partial charge in [-0.25, -0.2) is 0 Å². The topological polar surface area (TPSA) is 6.48 Å². The standard InChI is InChI=1S/C27H25BN2/c1-3-15-24(16-4-1)29(26-19-9-10-20-26)28(23-13-7-8-14-23)30(27-21-11-12-22-27)25-17-5-2-6-18-25/h1-23,26-27H. The molecule has 0 heterocycles. The van der Waals surface area contributed by atoms with Crippen LogP contribution in [0, 0.1) is 0 Å². The van der Waals surface area contributed by atoms with E-state index in [1.807, 2.05) is 0 Å². The van der Waals surface area contributed by atoms with Gasteiger partial charge in [0.15, 0.2) is 0 Å². The van der Waals surface area contributed by atoms with E-state index in [4.69, 9.17) is 0 Å². The van der Waals surface area contributed by atoms with Gasteiger partial charge in [0.25, 0.3) is 0 Å². The molecule has 0 amide bonds. The molecule has 5 rings (SSSR count). The molecule has 3 aliphatic carbocycles. The van der Waals surface area contributed by atoms with Gasteiger partial charge in [-0.1, -0.05) is 109 Å². The maximum absolute atomic E-state index is 2.55. The summed E-state index contributed by atoms with van der Waals surface area (Å²) in [5.74, 6) is 0.273. The van der Waals surface area contributed by atoms with E-state index < -0.39 is 0 Å². The minimum atomic E-state index is 0.111. The first kappa shape index (κ1) is 18.6. The number of hydrogen-bond acceptors (Lipinski definition) is 2. The van der Waals surface area contributed by atoms with Gasteiger partial charge < -0.3 is 9.62 Å². The maximum Gasteiger partial charge on any atom is 0.388 e. The average Bonchev–Trinajstić information content (AvgIpc) is 3.58. The largest absolute Gasteiger partial charge is 0.388 e. The van der Waals surface area contributed by atoms with Gasteiger partial charge in [0.2, 0.25) is 0 Å². The van der Waals surface area contributed by atoms with Gasteiger partial charge in [-0.3, -0.25) is 0 Å². The SMILES string of the molecule is C1=CC(B(N(c2ccccc2)C2C=CC=C2)N(c2ccccc2)C2C=CC=C2)C=C1. The first-order chi connectivity index (χ1) is 14.9. The van der Waals surface area contributed by atoms with Crippen LogP contribution in [0.15, 0.2) is 134 Å².